The molecule has 3 heterocycles. The van der Waals surface area contributed by atoms with Crippen LogP contribution in [0.3, 0.4) is 0 Å². The summed E-state index contributed by atoms with van der Waals surface area (Å²) in [6, 6.07) is 23.5. The first-order valence-electron chi connectivity index (χ1n) is 9.85. The van der Waals surface area contributed by atoms with E-state index >= 15 is 0 Å². The summed E-state index contributed by atoms with van der Waals surface area (Å²) < 4.78 is 29.5. The van der Waals surface area contributed by atoms with Crippen molar-refractivity contribution in [3.63, 3.8) is 0 Å². The van der Waals surface area contributed by atoms with E-state index in [1.54, 1.807) is 47.2 Å². The fourth-order valence-electron chi connectivity index (χ4n) is 3.38. The summed E-state index contributed by atoms with van der Waals surface area (Å²) >= 11 is 0. The first-order valence-corrected chi connectivity index (χ1v) is 11.5. The largest absolute Gasteiger partial charge is 0.283 e. The molecule has 0 spiro atoms. The van der Waals surface area contributed by atoms with Crippen LogP contribution < -0.4 is 4.72 Å². The van der Waals surface area contributed by atoms with Gasteiger partial charge in [0.15, 0.2) is 11.5 Å². The minimum Gasteiger partial charge on any atom is -0.283 e. The van der Waals surface area contributed by atoms with E-state index in [0.717, 1.165) is 16.7 Å². The highest BCUT2D eigenvalue weighted by Gasteiger charge is 2.14. The lowest BCUT2D eigenvalue weighted by molar-refractivity contribution is 0.600. The Morgan fingerprint density at radius 2 is 1.62 bits per heavy atom. The zero-order chi connectivity index (χ0) is 22.0. The number of fused-ring (bicyclic) bond motifs is 1. The molecule has 0 bridgehead atoms. The Balaban J connectivity index is 1.45. The van der Waals surface area contributed by atoms with Crippen molar-refractivity contribution in [3.8, 4) is 22.6 Å². The van der Waals surface area contributed by atoms with Gasteiger partial charge in [-0.25, -0.2) is 8.42 Å². The number of rotatable bonds is 6. The minimum absolute atomic E-state index is 0.0989. The topological polar surface area (TPSA) is 102 Å². The van der Waals surface area contributed by atoms with Crippen LogP contribution in [0.4, 0.5) is 5.69 Å². The number of nitrogens with zero attached hydrogens (tertiary/aromatic N) is 5. The van der Waals surface area contributed by atoms with Crippen molar-refractivity contribution >= 4 is 21.4 Å². The minimum atomic E-state index is -3.56. The Morgan fingerprint density at radius 3 is 2.44 bits per heavy atom. The van der Waals surface area contributed by atoms with Crippen molar-refractivity contribution in [1.29, 1.82) is 0 Å². The number of nitrogens with one attached hydrogen (secondary N) is 1. The molecule has 8 nitrogen and oxygen atoms in total. The summed E-state index contributed by atoms with van der Waals surface area (Å²) in [5.41, 5.74) is 4.08. The van der Waals surface area contributed by atoms with Crippen LogP contribution in [0.1, 0.15) is 5.56 Å². The van der Waals surface area contributed by atoms with Crippen molar-refractivity contribution in [2.75, 3.05) is 4.72 Å². The molecule has 0 unspecified atom stereocenters. The van der Waals surface area contributed by atoms with E-state index in [9.17, 15) is 8.42 Å². The zero-order valence-corrected chi connectivity index (χ0v) is 17.6. The second-order valence-corrected chi connectivity index (χ2v) is 8.90. The summed E-state index contributed by atoms with van der Waals surface area (Å²) in [5.74, 6) is 0.502. The molecule has 0 fully saturated rings. The summed E-state index contributed by atoms with van der Waals surface area (Å²) in [4.78, 5) is 4.03. The number of benzene rings is 2. The molecular formula is C23H18N6O2S. The highest BCUT2D eigenvalue weighted by Crippen LogP contribution is 2.24. The quantitative estimate of drug-likeness (QED) is 0.429. The van der Waals surface area contributed by atoms with Gasteiger partial charge in [0.1, 0.15) is 0 Å². The maximum Gasteiger partial charge on any atom is 0.236 e. The van der Waals surface area contributed by atoms with Crippen LogP contribution in [0.15, 0.2) is 91.3 Å². The van der Waals surface area contributed by atoms with Gasteiger partial charge in [-0.1, -0.05) is 42.5 Å². The predicted molar refractivity (Wildman–Crippen MR) is 122 cm³/mol. The fourth-order valence-corrected chi connectivity index (χ4v) is 4.56. The lowest BCUT2D eigenvalue weighted by Gasteiger charge is -2.10. The molecule has 1 N–H and O–H groups in total. The SMILES string of the molecule is O=S(=O)(Cc1ccccc1)Nc1cccc(-c2ccc3nnc(-c4ccncc4)n3n2)c1. The lowest BCUT2D eigenvalue weighted by Crippen LogP contribution is -2.15. The second-order valence-electron chi connectivity index (χ2n) is 7.18. The molecule has 3 aromatic heterocycles. The number of hydrogen-bond donors (Lipinski definition) is 1. The lowest BCUT2D eigenvalue weighted by atomic mass is 10.1. The van der Waals surface area contributed by atoms with Crippen molar-refractivity contribution in [1.82, 2.24) is 24.8 Å². The Kier molecular flexibility index (Phi) is 5.08. The Hall–Kier alpha value is -4.11. The maximum atomic E-state index is 12.6. The maximum absolute atomic E-state index is 12.6. The standard InChI is InChI=1S/C23H18N6O2S/c30-32(31,16-17-5-2-1-3-6-17)28-20-8-4-7-19(15-20)21-9-10-22-25-26-23(29(22)27-21)18-11-13-24-14-12-18/h1-15,28H,16H2. The van der Waals surface area contributed by atoms with E-state index in [1.807, 2.05) is 48.5 Å². The Labute approximate surface area is 184 Å². The molecule has 5 rings (SSSR count). The van der Waals surface area contributed by atoms with Crippen molar-refractivity contribution in [2.24, 2.45) is 0 Å². The van der Waals surface area contributed by atoms with Gasteiger partial charge in [0, 0.05) is 29.2 Å². The second kappa shape index (κ2) is 8.20. The third-order valence-corrected chi connectivity index (χ3v) is 6.09. The van der Waals surface area contributed by atoms with Crippen molar-refractivity contribution < 1.29 is 8.42 Å². The number of anilines is 1. The normalized spacial score (nSPS) is 11.5. The molecule has 0 aliphatic heterocycles. The van der Waals surface area contributed by atoms with Crippen LogP contribution in [0.2, 0.25) is 0 Å². The van der Waals surface area contributed by atoms with Gasteiger partial charge in [0.2, 0.25) is 10.0 Å². The Morgan fingerprint density at radius 1 is 0.812 bits per heavy atom. The van der Waals surface area contributed by atoms with Crippen LogP contribution >= 0.6 is 0 Å². The third-order valence-electron chi connectivity index (χ3n) is 4.83. The van der Waals surface area contributed by atoms with Crippen LogP contribution in [-0.4, -0.2) is 33.2 Å². The van der Waals surface area contributed by atoms with E-state index in [2.05, 4.69) is 25.0 Å². The van der Waals surface area contributed by atoms with E-state index in [4.69, 9.17) is 0 Å². The molecule has 0 amide bonds. The van der Waals surface area contributed by atoms with Gasteiger partial charge >= 0.3 is 0 Å². The monoisotopic (exact) mass is 442 g/mol. The summed E-state index contributed by atoms with van der Waals surface area (Å²) in [6.07, 6.45) is 3.37. The molecule has 0 atom stereocenters. The number of hydrogen-bond acceptors (Lipinski definition) is 6. The van der Waals surface area contributed by atoms with E-state index < -0.39 is 10.0 Å². The van der Waals surface area contributed by atoms with Crippen LogP contribution in [0, 0.1) is 0 Å². The smallest absolute Gasteiger partial charge is 0.236 e. The van der Waals surface area contributed by atoms with Crippen LogP contribution in [0.25, 0.3) is 28.3 Å². The number of pyridine rings is 1. The van der Waals surface area contributed by atoms with Crippen LogP contribution in [0.5, 0.6) is 0 Å². The predicted octanol–water partition coefficient (Wildman–Crippen LogP) is 3.80. The van der Waals surface area contributed by atoms with Gasteiger partial charge in [-0.2, -0.15) is 9.61 Å². The zero-order valence-electron chi connectivity index (χ0n) is 16.8. The first-order chi connectivity index (χ1) is 15.6. The molecule has 5 aromatic rings. The molecule has 2 aromatic carbocycles. The van der Waals surface area contributed by atoms with Gasteiger partial charge in [0.25, 0.3) is 0 Å². The van der Waals surface area contributed by atoms with E-state index in [0.29, 0.717) is 22.9 Å². The van der Waals surface area contributed by atoms with E-state index in [1.165, 1.54) is 0 Å². The molecule has 0 saturated carbocycles. The number of sulfonamides is 1. The highest BCUT2D eigenvalue weighted by molar-refractivity contribution is 7.91. The Bertz CT molecular complexity index is 1490. The molecular weight excluding hydrogens is 424 g/mol. The van der Waals surface area contributed by atoms with Crippen molar-refractivity contribution in [2.45, 2.75) is 5.75 Å². The number of aromatic nitrogens is 5. The highest BCUT2D eigenvalue weighted by atomic mass is 32.2. The van der Waals surface area contributed by atoms with Crippen LogP contribution in [-0.2, 0) is 15.8 Å². The molecule has 9 heteroatoms. The third kappa shape index (κ3) is 4.19. The average Bonchev–Trinajstić information content (AvgIpc) is 3.23. The average molecular weight is 443 g/mol. The van der Waals surface area contributed by atoms with Crippen molar-refractivity contribution in [3.05, 3.63) is 96.8 Å². The molecule has 0 aliphatic carbocycles. The first kappa shape index (κ1) is 19.8. The fraction of sp³-hybridized carbons (Fsp3) is 0.0435. The van der Waals surface area contributed by atoms with Gasteiger partial charge in [0.05, 0.1) is 11.4 Å². The summed E-state index contributed by atoms with van der Waals surface area (Å²) in [5, 5.41) is 13.1. The van der Waals surface area contributed by atoms with Gasteiger partial charge in [-0.05, 0) is 42.0 Å². The van der Waals surface area contributed by atoms with Gasteiger partial charge < -0.3 is 0 Å². The molecule has 0 saturated heterocycles. The molecule has 32 heavy (non-hydrogen) atoms. The summed E-state index contributed by atoms with van der Waals surface area (Å²) in [7, 11) is -3.56. The van der Waals surface area contributed by atoms with Gasteiger partial charge in [-0.3, -0.25) is 9.71 Å². The van der Waals surface area contributed by atoms with E-state index in [-0.39, 0.29) is 5.75 Å². The molecule has 0 radical (unpaired) electrons. The summed E-state index contributed by atoms with van der Waals surface area (Å²) in [6.45, 7) is 0. The van der Waals surface area contributed by atoms with Gasteiger partial charge in [-0.15, -0.1) is 10.2 Å². The molecule has 158 valence electrons. The molecule has 0 aliphatic rings.